The molecule has 2 amide bonds. The van der Waals surface area contributed by atoms with Gasteiger partial charge in [0.15, 0.2) is 0 Å². The molecule has 1 saturated heterocycles. The largest absolute Gasteiger partial charge is 0.357 e. The number of nitrogens with one attached hydrogen (secondary N) is 1. The van der Waals surface area contributed by atoms with Crippen molar-refractivity contribution >= 4 is 29.2 Å². The van der Waals surface area contributed by atoms with E-state index in [1.54, 1.807) is 0 Å². The Kier molecular flexibility index (Phi) is 2.74. The molecule has 0 aliphatic carbocycles. The number of rotatable bonds is 2. The van der Waals surface area contributed by atoms with Crippen molar-refractivity contribution in [2.24, 2.45) is 0 Å². The fraction of sp³-hybridized carbons (Fsp3) is 0.333. The first-order chi connectivity index (χ1) is 7.59. The van der Waals surface area contributed by atoms with Gasteiger partial charge < -0.3 is 5.32 Å². The summed E-state index contributed by atoms with van der Waals surface area (Å²) >= 11 is 5.83. The van der Waals surface area contributed by atoms with Gasteiger partial charge in [-0.25, -0.2) is 9.97 Å². The molecule has 84 valence electrons. The highest BCUT2D eigenvalue weighted by molar-refractivity contribution is 6.32. The first kappa shape index (κ1) is 10.8. The molecule has 1 aromatic rings. The number of imide groups is 1. The van der Waals surface area contributed by atoms with E-state index in [9.17, 15) is 9.59 Å². The van der Waals surface area contributed by atoms with E-state index in [-0.39, 0.29) is 18.2 Å². The van der Waals surface area contributed by atoms with Gasteiger partial charge in [0.25, 0.3) is 5.91 Å². The van der Waals surface area contributed by atoms with E-state index in [2.05, 4.69) is 15.3 Å². The second-order valence-corrected chi connectivity index (χ2v) is 3.82. The second-order valence-electron chi connectivity index (χ2n) is 3.41. The Morgan fingerprint density at radius 3 is 2.88 bits per heavy atom. The van der Waals surface area contributed by atoms with Gasteiger partial charge >= 0.3 is 0 Å². The minimum atomic E-state index is -0.593. The zero-order valence-electron chi connectivity index (χ0n) is 8.48. The third-order valence-electron chi connectivity index (χ3n) is 2.36. The van der Waals surface area contributed by atoms with Gasteiger partial charge in [0.1, 0.15) is 23.2 Å². The maximum absolute atomic E-state index is 11.6. The molecule has 16 heavy (non-hydrogen) atoms. The van der Waals surface area contributed by atoms with Gasteiger partial charge in [0.2, 0.25) is 5.91 Å². The summed E-state index contributed by atoms with van der Waals surface area (Å²) in [5.74, 6) is -0.134. The van der Waals surface area contributed by atoms with Crippen LogP contribution in [0, 0.1) is 0 Å². The fourth-order valence-corrected chi connectivity index (χ4v) is 1.61. The smallest absolute Gasteiger partial charge is 0.251 e. The third-order valence-corrected chi connectivity index (χ3v) is 2.64. The van der Waals surface area contributed by atoms with E-state index >= 15 is 0 Å². The fourth-order valence-electron chi connectivity index (χ4n) is 1.45. The molecule has 0 bridgehead atoms. The number of hydrogen-bond donors (Lipinski definition) is 1. The number of anilines is 1. The van der Waals surface area contributed by atoms with Crippen LogP contribution in [0.25, 0.3) is 0 Å². The van der Waals surface area contributed by atoms with Gasteiger partial charge in [-0.1, -0.05) is 11.6 Å². The number of amides is 2. The lowest BCUT2D eigenvalue weighted by Crippen LogP contribution is -2.32. The Morgan fingerprint density at radius 1 is 1.56 bits per heavy atom. The van der Waals surface area contributed by atoms with E-state index < -0.39 is 6.04 Å². The second kappa shape index (κ2) is 4.05. The number of likely N-dealkylation sites (N-methyl/N-ethyl adjacent to an activating group) is 1. The number of hydrogen-bond acceptors (Lipinski definition) is 5. The minimum Gasteiger partial charge on any atom is -0.357 e. The number of likely N-dealkylation sites (tertiary alicyclic amines) is 1. The molecule has 0 spiro atoms. The first-order valence-corrected chi connectivity index (χ1v) is 5.00. The topological polar surface area (TPSA) is 75.2 Å². The van der Waals surface area contributed by atoms with Gasteiger partial charge in [0, 0.05) is 7.05 Å². The van der Waals surface area contributed by atoms with Crippen molar-refractivity contribution in [2.75, 3.05) is 12.4 Å². The van der Waals surface area contributed by atoms with Crippen LogP contribution in [-0.4, -0.2) is 39.8 Å². The van der Waals surface area contributed by atoms with Crippen molar-refractivity contribution in [3.8, 4) is 0 Å². The van der Waals surface area contributed by atoms with E-state index in [0.29, 0.717) is 10.8 Å². The molecule has 6 nitrogen and oxygen atoms in total. The van der Waals surface area contributed by atoms with Crippen molar-refractivity contribution in [2.45, 2.75) is 12.5 Å². The zero-order chi connectivity index (χ0) is 11.7. The summed E-state index contributed by atoms with van der Waals surface area (Å²) in [6.45, 7) is 0. The Morgan fingerprint density at radius 2 is 2.31 bits per heavy atom. The normalized spacial score (nSPS) is 20.4. The quantitative estimate of drug-likeness (QED) is 0.753. The minimum absolute atomic E-state index is 0.121. The molecule has 1 aromatic heterocycles. The third kappa shape index (κ3) is 1.83. The van der Waals surface area contributed by atoms with Crippen LogP contribution in [0.4, 0.5) is 5.82 Å². The highest BCUT2D eigenvalue weighted by Gasteiger charge is 2.36. The highest BCUT2D eigenvalue weighted by Crippen LogP contribution is 2.21. The van der Waals surface area contributed by atoms with Gasteiger partial charge in [-0.2, -0.15) is 0 Å². The lowest BCUT2D eigenvalue weighted by atomic mass is 10.2. The monoisotopic (exact) mass is 240 g/mol. The summed E-state index contributed by atoms with van der Waals surface area (Å²) in [6.07, 6.45) is 2.86. The van der Waals surface area contributed by atoms with E-state index in [0.717, 1.165) is 4.90 Å². The van der Waals surface area contributed by atoms with Crippen LogP contribution in [0.3, 0.4) is 0 Å². The molecular formula is C9H9ClN4O2. The molecule has 0 radical (unpaired) electrons. The molecule has 2 rings (SSSR count). The van der Waals surface area contributed by atoms with Gasteiger partial charge in [-0.3, -0.25) is 14.5 Å². The Bertz CT molecular complexity index is 451. The number of halogens is 1. The molecule has 1 fully saturated rings. The molecule has 0 aromatic carbocycles. The Balaban J connectivity index is 2.15. The van der Waals surface area contributed by atoms with E-state index in [4.69, 9.17) is 11.6 Å². The maximum atomic E-state index is 11.6. The summed E-state index contributed by atoms with van der Waals surface area (Å²) in [5.41, 5.74) is 0. The Hall–Kier alpha value is -1.69. The molecular weight excluding hydrogens is 232 g/mol. The van der Waals surface area contributed by atoms with E-state index in [1.807, 2.05) is 0 Å². The van der Waals surface area contributed by atoms with Crippen LogP contribution < -0.4 is 5.32 Å². The van der Waals surface area contributed by atoms with Crippen molar-refractivity contribution in [1.82, 2.24) is 14.9 Å². The zero-order valence-corrected chi connectivity index (χ0v) is 9.23. The predicted octanol–water partition coefficient (Wildman–Crippen LogP) is 0.299. The highest BCUT2D eigenvalue weighted by atomic mass is 35.5. The van der Waals surface area contributed by atoms with Crippen molar-refractivity contribution in [3.63, 3.8) is 0 Å². The van der Waals surface area contributed by atoms with Crippen molar-refractivity contribution in [3.05, 3.63) is 17.5 Å². The number of carbonyl (C=O) groups excluding carboxylic acids is 2. The molecule has 2 heterocycles. The summed E-state index contributed by atoms with van der Waals surface area (Å²) < 4.78 is 0. The van der Waals surface area contributed by atoms with Gasteiger partial charge in [-0.15, -0.1) is 0 Å². The average molecular weight is 241 g/mol. The van der Waals surface area contributed by atoms with Crippen LogP contribution in [0.2, 0.25) is 5.02 Å². The van der Waals surface area contributed by atoms with Crippen LogP contribution in [0.1, 0.15) is 6.42 Å². The Labute approximate surface area is 96.6 Å². The molecule has 1 N–H and O–H groups in total. The number of carbonyl (C=O) groups is 2. The maximum Gasteiger partial charge on any atom is 0.251 e. The van der Waals surface area contributed by atoms with Crippen LogP contribution in [0.15, 0.2) is 12.5 Å². The van der Waals surface area contributed by atoms with E-state index in [1.165, 1.54) is 19.6 Å². The van der Waals surface area contributed by atoms with Crippen molar-refractivity contribution < 1.29 is 9.59 Å². The van der Waals surface area contributed by atoms with Crippen LogP contribution >= 0.6 is 11.6 Å². The van der Waals surface area contributed by atoms with Crippen LogP contribution in [-0.2, 0) is 9.59 Å². The summed E-state index contributed by atoms with van der Waals surface area (Å²) in [5, 5.41) is 3.14. The number of nitrogens with zero attached hydrogens (tertiary/aromatic N) is 3. The summed E-state index contributed by atoms with van der Waals surface area (Å²) in [6, 6.07) is -0.593. The summed E-state index contributed by atoms with van der Waals surface area (Å²) in [7, 11) is 1.45. The SMILES string of the molecule is CN1C(=O)C[C@H](Nc2ncncc2Cl)C1=O. The van der Waals surface area contributed by atoms with Crippen molar-refractivity contribution in [1.29, 1.82) is 0 Å². The first-order valence-electron chi connectivity index (χ1n) is 4.62. The summed E-state index contributed by atoms with van der Waals surface area (Å²) in [4.78, 5) is 31.6. The predicted molar refractivity (Wildman–Crippen MR) is 56.8 cm³/mol. The van der Waals surface area contributed by atoms with Gasteiger partial charge in [-0.05, 0) is 0 Å². The van der Waals surface area contributed by atoms with Gasteiger partial charge in [0.05, 0.1) is 12.6 Å². The lowest BCUT2D eigenvalue weighted by molar-refractivity contribution is -0.136. The molecule has 1 atom stereocenters. The molecule has 1 aliphatic rings. The molecule has 0 unspecified atom stereocenters. The lowest BCUT2D eigenvalue weighted by Gasteiger charge is -2.11. The standard InChI is InChI=1S/C9H9ClN4O2/c1-14-7(15)2-6(9(14)16)13-8-5(10)3-11-4-12-8/h3-4,6H,2H2,1H3,(H,11,12,13)/t6-/m0/s1. The molecule has 1 aliphatic heterocycles. The molecule has 0 saturated carbocycles. The van der Waals surface area contributed by atoms with Crippen LogP contribution in [0.5, 0.6) is 0 Å². The average Bonchev–Trinajstić information content (AvgIpc) is 2.50. The number of aromatic nitrogens is 2. The molecule has 7 heteroatoms.